The topological polar surface area (TPSA) is 124 Å². The summed E-state index contributed by atoms with van der Waals surface area (Å²) in [5.74, 6) is -1.11. The molecule has 11 heteroatoms. The van der Waals surface area contributed by atoms with Crippen LogP contribution in [0.15, 0.2) is 77.6 Å². The maximum absolute atomic E-state index is 13.5. The highest BCUT2D eigenvalue weighted by Gasteiger charge is 2.32. The van der Waals surface area contributed by atoms with Gasteiger partial charge >= 0.3 is 11.2 Å². The quantitative estimate of drug-likeness (QED) is 0.262. The standard InChI is InChI=1S/C27H22F2N4O4.C2H6.H3N/c28-20-9-5-18(6-10-20)17-32-23-4-2-1-3-22(23)24(25(27(32)35)33(36)37)30-13-15-31(16-14-30)26(34)19-7-11-21(29)12-8-19;1-2;/h1-12H,13-17H2;1-2H3;1H3. The Labute approximate surface area is 230 Å². The first-order valence-electron chi connectivity index (χ1n) is 12.7. The molecule has 0 saturated carbocycles. The zero-order valence-corrected chi connectivity index (χ0v) is 22.3. The van der Waals surface area contributed by atoms with Crippen molar-refractivity contribution in [2.24, 2.45) is 0 Å². The minimum Gasteiger partial charge on any atom is -0.362 e. The fourth-order valence-electron chi connectivity index (χ4n) is 4.70. The summed E-state index contributed by atoms with van der Waals surface area (Å²) >= 11 is 0. The molecule has 0 aliphatic carbocycles. The molecule has 1 amide bonds. The molecule has 1 aromatic heterocycles. The molecule has 210 valence electrons. The molecular weight excluding hydrogens is 520 g/mol. The Morgan fingerprint density at radius 2 is 1.43 bits per heavy atom. The lowest BCUT2D eigenvalue weighted by molar-refractivity contribution is -0.385. The molecule has 1 saturated heterocycles. The molecule has 40 heavy (non-hydrogen) atoms. The number of anilines is 1. The first-order valence-corrected chi connectivity index (χ1v) is 12.7. The average Bonchev–Trinajstić information content (AvgIpc) is 2.96. The van der Waals surface area contributed by atoms with Crippen LogP contribution in [0, 0.1) is 21.7 Å². The van der Waals surface area contributed by atoms with E-state index in [0.29, 0.717) is 22.0 Å². The number of carbonyl (C=O) groups excluding carboxylic acids is 1. The zero-order chi connectivity index (χ0) is 28.1. The summed E-state index contributed by atoms with van der Waals surface area (Å²) in [5.41, 5.74) is 0.419. The number of fused-ring (bicyclic) bond motifs is 1. The summed E-state index contributed by atoms with van der Waals surface area (Å²) in [4.78, 5) is 41.2. The number of benzene rings is 3. The van der Waals surface area contributed by atoms with Crippen LogP contribution in [0.4, 0.5) is 20.2 Å². The van der Waals surface area contributed by atoms with Crippen molar-refractivity contribution in [3.8, 4) is 0 Å². The summed E-state index contributed by atoms with van der Waals surface area (Å²) in [6.45, 7) is 5.15. The van der Waals surface area contributed by atoms with Crippen LogP contribution < -0.4 is 16.6 Å². The number of rotatable bonds is 5. The van der Waals surface area contributed by atoms with Gasteiger partial charge in [-0.2, -0.15) is 0 Å². The number of halogens is 2. The molecule has 1 aliphatic rings. The van der Waals surface area contributed by atoms with Crippen molar-refractivity contribution < 1.29 is 18.5 Å². The van der Waals surface area contributed by atoms with E-state index in [0.717, 1.165) is 0 Å². The highest BCUT2D eigenvalue weighted by atomic mass is 19.1. The van der Waals surface area contributed by atoms with E-state index < -0.39 is 27.8 Å². The van der Waals surface area contributed by atoms with E-state index in [1.165, 1.54) is 53.1 Å². The van der Waals surface area contributed by atoms with E-state index in [4.69, 9.17) is 0 Å². The van der Waals surface area contributed by atoms with Crippen LogP contribution in [0.5, 0.6) is 0 Å². The lowest BCUT2D eigenvalue weighted by Crippen LogP contribution is -2.49. The van der Waals surface area contributed by atoms with Gasteiger partial charge in [-0.15, -0.1) is 0 Å². The number of carbonyl (C=O) groups is 1. The van der Waals surface area contributed by atoms with Gasteiger partial charge < -0.3 is 16.0 Å². The maximum atomic E-state index is 13.5. The zero-order valence-electron chi connectivity index (χ0n) is 22.3. The molecule has 0 unspecified atom stereocenters. The van der Waals surface area contributed by atoms with Crippen LogP contribution in [-0.4, -0.2) is 46.5 Å². The number of para-hydroxylation sites is 1. The van der Waals surface area contributed by atoms with E-state index in [9.17, 15) is 28.5 Å². The fraction of sp³-hybridized carbons (Fsp3) is 0.241. The van der Waals surface area contributed by atoms with Crippen LogP contribution >= 0.6 is 0 Å². The van der Waals surface area contributed by atoms with Gasteiger partial charge in [-0.3, -0.25) is 24.3 Å². The second kappa shape index (κ2) is 12.9. The normalized spacial score (nSPS) is 12.8. The third kappa shape index (κ3) is 5.99. The van der Waals surface area contributed by atoms with E-state index in [1.807, 2.05) is 13.8 Å². The Morgan fingerprint density at radius 3 is 2.00 bits per heavy atom. The van der Waals surface area contributed by atoms with Crippen molar-refractivity contribution in [2.45, 2.75) is 20.4 Å². The third-order valence-corrected chi connectivity index (χ3v) is 6.53. The Bertz CT molecular complexity index is 1550. The van der Waals surface area contributed by atoms with Gasteiger partial charge in [-0.1, -0.05) is 44.2 Å². The van der Waals surface area contributed by atoms with Crippen molar-refractivity contribution in [1.29, 1.82) is 0 Å². The average molecular weight is 552 g/mol. The highest BCUT2D eigenvalue weighted by molar-refractivity contribution is 5.97. The van der Waals surface area contributed by atoms with Gasteiger partial charge in [0.05, 0.1) is 17.0 Å². The Balaban J connectivity index is 0.00000144. The van der Waals surface area contributed by atoms with Gasteiger partial charge in [0.25, 0.3) is 5.91 Å². The molecule has 4 aromatic rings. The van der Waals surface area contributed by atoms with Gasteiger partial charge in [0.2, 0.25) is 0 Å². The fourth-order valence-corrected chi connectivity index (χ4v) is 4.70. The van der Waals surface area contributed by atoms with Crippen LogP contribution in [0.25, 0.3) is 10.9 Å². The minimum atomic E-state index is -0.757. The van der Waals surface area contributed by atoms with E-state index in [2.05, 4.69) is 0 Å². The minimum absolute atomic E-state index is 0. The molecule has 5 rings (SSSR count). The molecule has 1 aliphatic heterocycles. The molecule has 3 aromatic carbocycles. The first-order chi connectivity index (χ1) is 18.8. The van der Waals surface area contributed by atoms with Gasteiger partial charge in [0.1, 0.15) is 17.3 Å². The third-order valence-electron chi connectivity index (χ3n) is 6.53. The summed E-state index contributed by atoms with van der Waals surface area (Å²) in [5, 5.41) is 12.7. The smallest absolute Gasteiger partial charge is 0.357 e. The van der Waals surface area contributed by atoms with Crippen LogP contribution in [0.2, 0.25) is 0 Å². The van der Waals surface area contributed by atoms with Crippen molar-refractivity contribution in [1.82, 2.24) is 15.6 Å². The number of nitrogens with zero attached hydrogens (tertiary/aromatic N) is 4. The van der Waals surface area contributed by atoms with Crippen LogP contribution in [0.1, 0.15) is 29.8 Å². The molecule has 9 nitrogen and oxygen atoms in total. The first kappa shape index (κ1) is 29.9. The molecule has 0 spiro atoms. The van der Waals surface area contributed by atoms with Crippen molar-refractivity contribution in [3.63, 3.8) is 0 Å². The molecular formula is C29H31F2N5O4. The van der Waals surface area contributed by atoms with Gasteiger partial charge in [0, 0.05) is 37.1 Å². The highest BCUT2D eigenvalue weighted by Crippen LogP contribution is 2.34. The molecule has 0 radical (unpaired) electrons. The number of piperazine rings is 1. The number of nitro groups is 1. The summed E-state index contributed by atoms with van der Waals surface area (Å²) in [6.07, 6.45) is 0. The van der Waals surface area contributed by atoms with Gasteiger partial charge in [-0.05, 0) is 48.0 Å². The summed E-state index contributed by atoms with van der Waals surface area (Å²) in [6, 6.07) is 17.9. The van der Waals surface area contributed by atoms with Crippen LogP contribution in [-0.2, 0) is 6.54 Å². The Hall–Kier alpha value is -4.64. The van der Waals surface area contributed by atoms with E-state index in [1.54, 1.807) is 34.1 Å². The number of pyridine rings is 1. The molecule has 3 N–H and O–H groups in total. The monoisotopic (exact) mass is 551 g/mol. The predicted octanol–water partition coefficient (Wildman–Crippen LogP) is 5.39. The number of hydrogen-bond acceptors (Lipinski definition) is 6. The largest absolute Gasteiger partial charge is 0.362 e. The molecule has 2 heterocycles. The van der Waals surface area contributed by atoms with Gasteiger partial charge in [-0.25, -0.2) is 8.78 Å². The second-order valence-electron chi connectivity index (χ2n) is 8.78. The second-order valence-corrected chi connectivity index (χ2v) is 8.78. The van der Waals surface area contributed by atoms with E-state index in [-0.39, 0.29) is 50.5 Å². The number of amides is 1. The van der Waals surface area contributed by atoms with Gasteiger partial charge in [0.15, 0.2) is 0 Å². The molecule has 1 fully saturated rings. The number of hydrogen-bond donors (Lipinski definition) is 1. The maximum Gasteiger partial charge on any atom is 0.357 e. The lowest BCUT2D eigenvalue weighted by Gasteiger charge is -2.36. The van der Waals surface area contributed by atoms with Crippen LogP contribution in [0.3, 0.4) is 0 Å². The Morgan fingerprint density at radius 1 is 0.875 bits per heavy atom. The predicted molar refractivity (Wildman–Crippen MR) is 151 cm³/mol. The molecule has 0 bridgehead atoms. The SMILES string of the molecule is CC.N.O=C(c1ccc(F)cc1)N1CCN(c2c([N+](=O)[O-])c(=O)n(Cc3ccc(F)cc3)c3ccccc23)CC1. The number of aromatic nitrogens is 1. The summed E-state index contributed by atoms with van der Waals surface area (Å²) in [7, 11) is 0. The Kier molecular flexibility index (Phi) is 9.68. The van der Waals surface area contributed by atoms with E-state index >= 15 is 0 Å². The molecule has 0 atom stereocenters. The van der Waals surface area contributed by atoms with Crippen molar-refractivity contribution in [2.75, 3.05) is 31.1 Å². The lowest BCUT2D eigenvalue weighted by atomic mass is 10.1. The van der Waals surface area contributed by atoms with Crippen molar-refractivity contribution >= 4 is 28.2 Å². The van der Waals surface area contributed by atoms with Crippen molar-refractivity contribution in [3.05, 3.63) is 116 Å². The summed E-state index contributed by atoms with van der Waals surface area (Å²) < 4.78 is 27.9.